The third-order valence-electron chi connectivity index (χ3n) is 12.8. The summed E-state index contributed by atoms with van der Waals surface area (Å²) in [4.78, 5) is 53.0. The SMILES string of the molecule is CCCC.CNc1cc(N2CCc3c(-c4ccc(CN5CCC6(CC5)CCN(Cc5ccc(Cl)c(N(C)CCC(=O)NC=O)c5)CC6)cn4)cccc32)nn2c(C(N)=O)cnc12. The van der Waals surface area contributed by atoms with E-state index in [2.05, 4.69) is 86.6 Å². The number of imidazole rings is 1. The number of likely N-dealkylation sites (tertiary alicyclic amines) is 2. The van der Waals surface area contributed by atoms with Crippen LogP contribution >= 0.6 is 11.6 Å². The third-order valence-corrected chi connectivity index (χ3v) is 13.2. The first-order valence-corrected chi connectivity index (χ1v) is 22.3. The van der Waals surface area contributed by atoms with Crippen molar-refractivity contribution in [2.45, 2.75) is 78.3 Å². The molecule has 0 unspecified atom stereocenters. The summed E-state index contributed by atoms with van der Waals surface area (Å²) < 4.78 is 1.52. The van der Waals surface area contributed by atoms with Gasteiger partial charge in [-0.2, -0.15) is 0 Å². The highest BCUT2D eigenvalue weighted by molar-refractivity contribution is 6.33. The predicted molar refractivity (Wildman–Crippen MR) is 247 cm³/mol. The van der Waals surface area contributed by atoms with Gasteiger partial charge in [0.2, 0.25) is 12.3 Å². The largest absolute Gasteiger partial charge is 0.385 e. The summed E-state index contributed by atoms with van der Waals surface area (Å²) in [6.07, 6.45) is 12.5. The smallest absolute Gasteiger partial charge is 0.269 e. The van der Waals surface area contributed by atoms with Gasteiger partial charge in [0.25, 0.3) is 5.91 Å². The van der Waals surface area contributed by atoms with Crippen molar-refractivity contribution in [1.29, 1.82) is 0 Å². The number of imide groups is 1. The van der Waals surface area contributed by atoms with Crippen molar-refractivity contribution in [2.75, 3.05) is 68.5 Å². The van der Waals surface area contributed by atoms with Crippen molar-refractivity contribution in [3.8, 4) is 11.3 Å². The number of pyridine rings is 1. The van der Waals surface area contributed by atoms with Crippen LogP contribution in [0.2, 0.25) is 5.02 Å². The molecule has 62 heavy (non-hydrogen) atoms. The second kappa shape index (κ2) is 20.1. The number of unbranched alkanes of at least 4 members (excludes halogenated alkanes) is 1. The van der Waals surface area contributed by atoms with E-state index in [0.717, 1.165) is 80.6 Å². The van der Waals surface area contributed by atoms with Gasteiger partial charge in [0.15, 0.2) is 11.5 Å². The number of hydrogen-bond acceptors (Lipinski definition) is 11. The van der Waals surface area contributed by atoms with E-state index in [-0.39, 0.29) is 18.0 Å². The minimum absolute atomic E-state index is 0.216. The number of benzene rings is 2. The Morgan fingerprint density at radius 1 is 0.903 bits per heavy atom. The number of halogens is 1. The molecule has 3 aliphatic rings. The van der Waals surface area contributed by atoms with Gasteiger partial charge in [0, 0.05) is 70.2 Å². The number of piperidine rings is 2. The van der Waals surface area contributed by atoms with Crippen molar-refractivity contribution < 1.29 is 14.4 Å². The van der Waals surface area contributed by atoms with Crippen LogP contribution in [0, 0.1) is 5.41 Å². The van der Waals surface area contributed by atoms with Crippen molar-refractivity contribution in [2.24, 2.45) is 11.1 Å². The maximum absolute atomic E-state index is 12.1. The number of hydrogen-bond donors (Lipinski definition) is 3. The number of nitrogens with one attached hydrogen (secondary N) is 2. The van der Waals surface area contributed by atoms with E-state index in [0.29, 0.717) is 34.9 Å². The molecule has 2 saturated heterocycles. The van der Waals surface area contributed by atoms with Gasteiger partial charge in [-0.3, -0.25) is 34.5 Å². The number of amides is 3. The van der Waals surface area contributed by atoms with Crippen LogP contribution in [0.4, 0.5) is 22.9 Å². The van der Waals surface area contributed by atoms with E-state index in [9.17, 15) is 14.4 Å². The van der Waals surface area contributed by atoms with E-state index >= 15 is 0 Å². The highest BCUT2D eigenvalue weighted by Crippen LogP contribution is 2.43. The number of nitrogens with zero attached hydrogens (tertiary/aromatic N) is 8. The maximum Gasteiger partial charge on any atom is 0.269 e. The van der Waals surface area contributed by atoms with Gasteiger partial charge in [0.1, 0.15) is 5.69 Å². The monoisotopic (exact) mass is 861 g/mol. The summed E-state index contributed by atoms with van der Waals surface area (Å²) in [7, 11) is 3.74. The van der Waals surface area contributed by atoms with Gasteiger partial charge < -0.3 is 20.9 Å². The molecule has 2 aromatic carbocycles. The summed E-state index contributed by atoms with van der Waals surface area (Å²) in [5.74, 6) is -0.172. The van der Waals surface area contributed by atoms with E-state index in [1.54, 1.807) is 0 Å². The molecule has 3 aromatic heterocycles. The number of nitrogens with two attached hydrogens (primary N) is 1. The Labute approximate surface area is 369 Å². The van der Waals surface area contributed by atoms with Gasteiger partial charge in [-0.25, -0.2) is 9.50 Å². The maximum atomic E-state index is 12.1. The molecule has 5 aromatic rings. The Kier molecular flexibility index (Phi) is 14.4. The minimum Gasteiger partial charge on any atom is -0.385 e. The Hall–Kier alpha value is -5.57. The predicted octanol–water partition coefficient (Wildman–Crippen LogP) is 7.06. The summed E-state index contributed by atoms with van der Waals surface area (Å²) in [6, 6.07) is 18.8. The number of carbonyl (C=O) groups is 3. The fraction of sp³-hybridized carbons (Fsp3) is 0.447. The van der Waals surface area contributed by atoms with Gasteiger partial charge in [0.05, 0.1) is 28.3 Å². The van der Waals surface area contributed by atoms with Crippen LogP contribution < -0.4 is 26.2 Å². The zero-order valence-corrected chi connectivity index (χ0v) is 37.3. The molecule has 6 heterocycles. The minimum atomic E-state index is -0.578. The molecule has 14 nitrogen and oxygen atoms in total. The Morgan fingerprint density at radius 2 is 1.60 bits per heavy atom. The third kappa shape index (κ3) is 10.0. The van der Waals surface area contributed by atoms with Crippen molar-refractivity contribution in [1.82, 2.24) is 34.7 Å². The van der Waals surface area contributed by atoms with Crippen molar-refractivity contribution in [3.63, 3.8) is 0 Å². The summed E-state index contributed by atoms with van der Waals surface area (Å²) in [6.45, 7) is 11.7. The number of carbonyl (C=O) groups excluding carboxylic acids is 3. The highest BCUT2D eigenvalue weighted by Gasteiger charge is 2.37. The number of anilines is 4. The average molecular weight is 863 g/mol. The molecule has 4 N–H and O–H groups in total. The van der Waals surface area contributed by atoms with Gasteiger partial charge in [-0.15, -0.1) is 5.10 Å². The fourth-order valence-electron chi connectivity index (χ4n) is 8.89. The van der Waals surface area contributed by atoms with Crippen LogP contribution in [0.1, 0.15) is 86.0 Å². The summed E-state index contributed by atoms with van der Waals surface area (Å²) >= 11 is 6.53. The first kappa shape index (κ1) is 44.5. The molecule has 0 bridgehead atoms. The molecule has 1 spiro atoms. The molecule has 0 radical (unpaired) electrons. The second-order valence-electron chi connectivity index (χ2n) is 16.9. The molecule has 3 amide bonds. The van der Waals surface area contributed by atoms with Gasteiger partial charge in [-0.05, 0) is 105 Å². The van der Waals surface area contributed by atoms with Gasteiger partial charge >= 0.3 is 0 Å². The zero-order valence-electron chi connectivity index (χ0n) is 36.5. The first-order valence-electron chi connectivity index (χ1n) is 21.9. The van der Waals surface area contributed by atoms with Crippen molar-refractivity contribution >= 4 is 58.4 Å². The highest BCUT2D eigenvalue weighted by atomic mass is 35.5. The number of aromatic nitrogens is 4. The molecule has 0 saturated carbocycles. The summed E-state index contributed by atoms with van der Waals surface area (Å²) in [5.41, 5.74) is 15.3. The lowest BCUT2D eigenvalue weighted by Gasteiger charge is -2.47. The molecule has 0 atom stereocenters. The molecular weight excluding hydrogens is 802 g/mol. The zero-order chi connectivity index (χ0) is 43.8. The Bertz CT molecular complexity index is 2350. The van der Waals surface area contributed by atoms with Crippen LogP contribution in [0.25, 0.3) is 16.9 Å². The summed E-state index contributed by atoms with van der Waals surface area (Å²) in [5, 5.41) is 10.8. The number of fused-ring (bicyclic) bond motifs is 2. The lowest BCUT2D eigenvalue weighted by Crippen LogP contribution is -2.46. The fourth-order valence-corrected chi connectivity index (χ4v) is 9.15. The number of primary amides is 1. The normalized spacial score (nSPS) is 16.1. The van der Waals surface area contributed by atoms with E-state index in [4.69, 9.17) is 27.4 Å². The molecule has 2 fully saturated rings. The van der Waals surface area contributed by atoms with E-state index in [1.165, 1.54) is 65.9 Å². The molecule has 0 aliphatic carbocycles. The van der Waals surface area contributed by atoms with Crippen LogP contribution in [0.15, 0.2) is 67.0 Å². The lowest BCUT2D eigenvalue weighted by molar-refractivity contribution is -0.125. The molecule has 3 aliphatic heterocycles. The van der Waals surface area contributed by atoms with E-state index < -0.39 is 5.91 Å². The van der Waals surface area contributed by atoms with Crippen LogP contribution in [0.5, 0.6) is 0 Å². The molecule has 8 rings (SSSR count). The second-order valence-corrected chi connectivity index (χ2v) is 17.3. The molecule has 15 heteroatoms. The Balaban J connectivity index is 0.00000139. The molecule has 328 valence electrons. The standard InChI is InChI=1S/C43H50ClN11O3.C4H10/c1-46-35-23-39(50-55-38(41(45)58)25-48-42(35)55)54-17-10-32-31(4-3-5-36(32)54)34-9-7-30(24-47-34)27-53-20-14-43(15-21-53)12-18-52(19-13-43)26-29-6-8-33(44)37(22-29)51(2)16-11-40(57)49-28-56;1-3-4-2/h3-9,22-25,28,46H,10-21,26-27H2,1-2H3,(H2,45,58)(H,49,56,57);3-4H2,1-2H3. The van der Waals surface area contributed by atoms with E-state index in [1.807, 2.05) is 37.3 Å². The van der Waals surface area contributed by atoms with Crippen LogP contribution in [-0.4, -0.2) is 101 Å². The van der Waals surface area contributed by atoms with Crippen molar-refractivity contribution in [3.05, 3.63) is 94.4 Å². The number of rotatable bonds is 14. The molecular formula is C47H60ClN11O3. The average Bonchev–Trinajstić information content (AvgIpc) is 3.93. The lowest BCUT2D eigenvalue weighted by atomic mass is 9.71. The van der Waals surface area contributed by atoms with Gasteiger partial charge in [-0.1, -0.05) is 62.6 Å². The quantitative estimate of drug-likeness (QED) is 0.0983. The topological polar surface area (TPSA) is 157 Å². The Morgan fingerprint density at radius 3 is 2.23 bits per heavy atom. The first-order chi connectivity index (χ1) is 30.0. The van der Waals surface area contributed by atoms with Crippen LogP contribution in [-0.2, 0) is 29.1 Å². The van der Waals surface area contributed by atoms with Crippen LogP contribution in [0.3, 0.4) is 0 Å².